The van der Waals surface area contributed by atoms with Crippen LogP contribution in [-0.4, -0.2) is 12.9 Å². The molecule has 3 heteroatoms. The summed E-state index contributed by atoms with van der Waals surface area (Å²) < 4.78 is 18.8. The number of rotatable bonds is 6. The fraction of sp³-hybridized carbons (Fsp3) is 0.562. The van der Waals surface area contributed by atoms with Crippen LogP contribution in [0.15, 0.2) is 18.2 Å². The third-order valence-electron chi connectivity index (χ3n) is 3.96. The van der Waals surface area contributed by atoms with Crippen molar-refractivity contribution in [1.82, 2.24) is 0 Å². The zero-order valence-corrected chi connectivity index (χ0v) is 11.5. The van der Waals surface area contributed by atoms with Crippen LogP contribution in [0.1, 0.15) is 44.1 Å². The van der Waals surface area contributed by atoms with Gasteiger partial charge in [0.05, 0.1) is 7.11 Å². The van der Waals surface area contributed by atoms with Crippen molar-refractivity contribution >= 4 is 5.78 Å². The third-order valence-corrected chi connectivity index (χ3v) is 3.96. The molecule has 0 N–H and O–H groups in total. The Morgan fingerprint density at radius 3 is 2.79 bits per heavy atom. The molecule has 0 aromatic heterocycles. The van der Waals surface area contributed by atoms with E-state index in [2.05, 4.69) is 0 Å². The van der Waals surface area contributed by atoms with Gasteiger partial charge in [-0.1, -0.05) is 37.8 Å². The molecule has 1 aromatic rings. The highest BCUT2D eigenvalue weighted by atomic mass is 19.1. The second-order valence-electron chi connectivity index (χ2n) is 5.34. The van der Waals surface area contributed by atoms with E-state index in [0.717, 1.165) is 6.42 Å². The van der Waals surface area contributed by atoms with Gasteiger partial charge in [0.25, 0.3) is 0 Å². The normalized spacial score (nSPS) is 15.7. The number of halogens is 1. The van der Waals surface area contributed by atoms with Gasteiger partial charge in [0.2, 0.25) is 0 Å². The fourth-order valence-corrected chi connectivity index (χ4v) is 2.82. The summed E-state index contributed by atoms with van der Waals surface area (Å²) in [7, 11) is 1.43. The number of Topliss-reactive ketones (excluding diaryl/α,β-unsaturated/α-hetero) is 1. The maximum atomic E-state index is 13.9. The highest BCUT2D eigenvalue weighted by Crippen LogP contribution is 2.29. The first-order valence-corrected chi connectivity index (χ1v) is 7.03. The van der Waals surface area contributed by atoms with E-state index in [1.54, 1.807) is 18.2 Å². The van der Waals surface area contributed by atoms with Gasteiger partial charge >= 0.3 is 0 Å². The van der Waals surface area contributed by atoms with E-state index < -0.39 is 5.82 Å². The van der Waals surface area contributed by atoms with E-state index in [9.17, 15) is 9.18 Å². The largest absolute Gasteiger partial charge is 0.494 e. The standard InChI is InChI=1S/C16H21FO2/c1-19-15-8-4-7-13(16(15)17)11-14(18)10-9-12-5-2-3-6-12/h4,7-8,12H,2-3,5-6,9-11H2,1H3. The Kier molecular flexibility index (Phi) is 4.94. The summed E-state index contributed by atoms with van der Waals surface area (Å²) >= 11 is 0. The van der Waals surface area contributed by atoms with Crippen LogP contribution in [0, 0.1) is 11.7 Å². The van der Waals surface area contributed by atoms with Crippen molar-refractivity contribution in [2.75, 3.05) is 7.11 Å². The number of ketones is 1. The van der Waals surface area contributed by atoms with Crippen molar-refractivity contribution < 1.29 is 13.9 Å². The molecule has 1 aliphatic rings. The number of methoxy groups -OCH3 is 1. The molecule has 0 radical (unpaired) electrons. The average molecular weight is 264 g/mol. The van der Waals surface area contributed by atoms with Gasteiger partial charge in [0.1, 0.15) is 5.78 Å². The SMILES string of the molecule is COc1cccc(CC(=O)CCC2CCCC2)c1F. The van der Waals surface area contributed by atoms with E-state index in [4.69, 9.17) is 4.74 Å². The van der Waals surface area contributed by atoms with Gasteiger partial charge in [-0.2, -0.15) is 0 Å². The first-order chi connectivity index (χ1) is 9.20. The Morgan fingerprint density at radius 1 is 1.37 bits per heavy atom. The highest BCUT2D eigenvalue weighted by Gasteiger charge is 2.17. The van der Waals surface area contributed by atoms with Crippen LogP contribution in [0.2, 0.25) is 0 Å². The lowest BCUT2D eigenvalue weighted by Crippen LogP contribution is -2.07. The van der Waals surface area contributed by atoms with Crippen molar-refractivity contribution in [3.63, 3.8) is 0 Å². The topological polar surface area (TPSA) is 26.3 Å². The Hall–Kier alpha value is -1.38. The molecule has 0 saturated heterocycles. The number of benzene rings is 1. The Morgan fingerprint density at radius 2 is 2.11 bits per heavy atom. The van der Waals surface area contributed by atoms with Gasteiger partial charge in [-0.05, 0) is 24.0 Å². The number of hydrogen-bond donors (Lipinski definition) is 0. The van der Waals surface area contributed by atoms with E-state index in [0.29, 0.717) is 17.9 Å². The third kappa shape index (κ3) is 3.79. The molecule has 1 aliphatic carbocycles. The lowest BCUT2D eigenvalue weighted by molar-refractivity contribution is -0.118. The zero-order chi connectivity index (χ0) is 13.7. The van der Waals surface area contributed by atoms with Crippen LogP contribution in [0.25, 0.3) is 0 Å². The second-order valence-corrected chi connectivity index (χ2v) is 5.34. The van der Waals surface area contributed by atoms with Crippen molar-refractivity contribution in [1.29, 1.82) is 0 Å². The monoisotopic (exact) mass is 264 g/mol. The number of hydrogen-bond acceptors (Lipinski definition) is 2. The van der Waals surface area contributed by atoms with Gasteiger partial charge < -0.3 is 4.74 Å². The molecule has 0 amide bonds. The van der Waals surface area contributed by atoms with E-state index in [-0.39, 0.29) is 18.0 Å². The van der Waals surface area contributed by atoms with Crippen molar-refractivity contribution in [2.24, 2.45) is 5.92 Å². The molecule has 19 heavy (non-hydrogen) atoms. The Balaban J connectivity index is 1.87. The van der Waals surface area contributed by atoms with Crippen LogP contribution in [-0.2, 0) is 11.2 Å². The quantitative estimate of drug-likeness (QED) is 0.778. The molecule has 0 unspecified atom stereocenters. The molecule has 104 valence electrons. The summed E-state index contributed by atoms with van der Waals surface area (Å²) in [6, 6.07) is 4.95. The molecule has 2 nitrogen and oxygen atoms in total. The van der Waals surface area contributed by atoms with Crippen molar-refractivity contribution in [3.05, 3.63) is 29.6 Å². The lowest BCUT2D eigenvalue weighted by Gasteiger charge is -2.09. The van der Waals surface area contributed by atoms with Crippen LogP contribution < -0.4 is 4.74 Å². The van der Waals surface area contributed by atoms with Crippen LogP contribution in [0.5, 0.6) is 5.75 Å². The zero-order valence-electron chi connectivity index (χ0n) is 11.5. The molecular weight excluding hydrogens is 243 g/mol. The van der Waals surface area contributed by atoms with Crippen LogP contribution in [0.3, 0.4) is 0 Å². The predicted molar refractivity (Wildman–Crippen MR) is 72.9 cm³/mol. The van der Waals surface area contributed by atoms with E-state index in [1.807, 2.05) is 0 Å². The fourth-order valence-electron chi connectivity index (χ4n) is 2.82. The predicted octanol–water partition coefficient (Wildman–Crippen LogP) is 3.92. The molecule has 1 saturated carbocycles. The van der Waals surface area contributed by atoms with Crippen LogP contribution in [0.4, 0.5) is 4.39 Å². The maximum Gasteiger partial charge on any atom is 0.168 e. The molecular formula is C16H21FO2. The lowest BCUT2D eigenvalue weighted by atomic mass is 9.97. The molecule has 0 aliphatic heterocycles. The second kappa shape index (κ2) is 6.69. The molecule has 1 aromatic carbocycles. The van der Waals surface area contributed by atoms with E-state index >= 15 is 0 Å². The minimum absolute atomic E-state index is 0.124. The summed E-state index contributed by atoms with van der Waals surface area (Å²) in [5, 5.41) is 0. The van der Waals surface area contributed by atoms with E-state index in [1.165, 1.54) is 32.8 Å². The van der Waals surface area contributed by atoms with Gasteiger partial charge in [0, 0.05) is 12.8 Å². The van der Waals surface area contributed by atoms with Gasteiger partial charge in [-0.25, -0.2) is 4.39 Å². The smallest absolute Gasteiger partial charge is 0.168 e. The van der Waals surface area contributed by atoms with Crippen molar-refractivity contribution in [2.45, 2.75) is 44.9 Å². The van der Waals surface area contributed by atoms with Crippen LogP contribution >= 0.6 is 0 Å². The van der Waals surface area contributed by atoms with Gasteiger partial charge in [-0.15, -0.1) is 0 Å². The molecule has 0 heterocycles. The van der Waals surface area contributed by atoms with Gasteiger partial charge in [-0.3, -0.25) is 4.79 Å². The Labute approximate surface area is 114 Å². The number of carbonyl (C=O) groups excluding carboxylic acids is 1. The summed E-state index contributed by atoms with van der Waals surface area (Å²) in [6.07, 6.45) is 6.80. The molecule has 2 rings (SSSR count). The summed E-state index contributed by atoms with van der Waals surface area (Å²) in [4.78, 5) is 11.9. The maximum absolute atomic E-state index is 13.9. The first kappa shape index (κ1) is 14.0. The highest BCUT2D eigenvalue weighted by molar-refractivity contribution is 5.81. The summed E-state index contributed by atoms with van der Waals surface area (Å²) in [5.41, 5.74) is 0.441. The Bertz CT molecular complexity index is 436. The minimum atomic E-state index is -0.404. The number of carbonyl (C=O) groups is 1. The first-order valence-electron chi connectivity index (χ1n) is 7.03. The summed E-state index contributed by atoms with van der Waals surface area (Å²) in [5.74, 6) is 0.637. The molecule has 0 spiro atoms. The summed E-state index contributed by atoms with van der Waals surface area (Å²) in [6.45, 7) is 0. The van der Waals surface area contributed by atoms with Crippen molar-refractivity contribution in [3.8, 4) is 5.75 Å². The number of ether oxygens (including phenoxy) is 1. The minimum Gasteiger partial charge on any atom is -0.494 e. The molecule has 0 bridgehead atoms. The molecule has 1 fully saturated rings. The average Bonchev–Trinajstić information content (AvgIpc) is 2.92. The molecule has 0 atom stereocenters. The van der Waals surface area contributed by atoms with Gasteiger partial charge in [0.15, 0.2) is 11.6 Å².